The first kappa shape index (κ1) is 14.1. The van der Waals surface area contributed by atoms with Crippen molar-refractivity contribution < 1.29 is 0 Å². The number of pyridine rings is 1. The van der Waals surface area contributed by atoms with Crippen LogP contribution in [-0.4, -0.2) is 4.98 Å². The van der Waals surface area contributed by atoms with Gasteiger partial charge in [0.25, 0.3) is 0 Å². The standard InChI is InChI=1S/C18H17ClN2/c1-13(14-6-9-16(19)10-7-14)20-12-17-11-8-15-4-2-3-5-18(15)21-17/h2-11,13,20H,12H2,1H3/t13-/m0/s1. The van der Waals surface area contributed by atoms with Crippen LogP contribution in [0.1, 0.15) is 24.2 Å². The molecule has 0 aliphatic rings. The molecular formula is C18H17ClN2. The SMILES string of the molecule is C[C@H](NCc1ccc2ccccc2n1)c1ccc(Cl)cc1. The number of fused-ring (bicyclic) bond motifs is 1. The lowest BCUT2D eigenvalue weighted by molar-refractivity contribution is 0.568. The molecule has 3 aromatic rings. The molecule has 1 N–H and O–H groups in total. The summed E-state index contributed by atoms with van der Waals surface area (Å²) in [5.41, 5.74) is 3.31. The van der Waals surface area contributed by atoms with E-state index in [9.17, 15) is 0 Å². The molecule has 0 aliphatic heterocycles. The highest BCUT2D eigenvalue weighted by Crippen LogP contribution is 2.17. The Kier molecular flexibility index (Phi) is 4.18. The van der Waals surface area contributed by atoms with Crippen LogP contribution >= 0.6 is 11.6 Å². The molecule has 3 rings (SSSR count). The fourth-order valence-corrected chi connectivity index (χ4v) is 2.46. The van der Waals surface area contributed by atoms with Crippen LogP contribution in [0.2, 0.25) is 5.02 Å². The Bertz CT molecular complexity index is 738. The molecule has 1 atom stereocenters. The van der Waals surface area contributed by atoms with Crippen LogP contribution in [0.5, 0.6) is 0 Å². The molecule has 0 radical (unpaired) electrons. The summed E-state index contributed by atoms with van der Waals surface area (Å²) >= 11 is 5.91. The van der Waals surface area contributed by atoms with Crippen molar-refractivity contribution in [3.63, 3.8) is 0 Å². The summed E-state index contributed by atoms with van der Waals surface area (Å²) in [5, 5.41) is 5.43. The molecule has 21 heavy (non-hydrogen) atoms. The van der Waals surface area contributed by atoms with Gasteiger partial charge in [0.2, 0.25) is 0 Å². The van der Waals surface area contributed by atoms with Gasteiger partial charge in [0.1, 0.15) is 0 Å². The van der Waals surface area contributed by atoms with Gasteiger partial charge in [0, 0.05) is 23.0 Å². The number of rotatable bonds is 4. The second kappa shape index (κ2) is 6.25. The minimum absolute atomic E-state index is 0.260. The normalized spacial score (nSPS) is 12.5. The Morgan fingerprint density at radius 3 is 2.57 bits per heavy atom. The number of para-hydroxylation sites is 1. The maximum absolute atomic E-state index is 5.91. The average molecular weight is 297 g/mol. The van der Waals surface area contributed by atoms with Gasteiger partial charge in [-0.1, -0.05) is 48.0 Å². The Hall–Kier alpha value is -1.90. The zero-order valence-corrected chi connectivity index (χ0v) is 12.6. The molecule has 0 saturated heterocycles. The summed E-state index contributed by atoms with van der Waals surface area (Å²) in [7, 11) is 0. The molecule has 0 spiro atoms. The maximum atomic E-state index is 5.91. The van der Waals surface area contributed by atoms with Crippen molar-refractivity contribution in [2.75, 3.05) is 0 Å². The van der Waals surface area contributed by atoms with Gasteiger partial charge in [-0.05, 0) is 36.8 Å². The molecule has 0 bridgehead atoms. The zero-order valence-electron chi connectivity index (χ0n) is 11.9. The summed E-state index contributed by atoms with van der Waals surface area (Å²) in [4.78, 5) is 4.67. The van der Waals surface area contributed by atoms with Gasteiger partial charge in [-0.3, -0.25) is 4.98 Å². The molecule has 3 heteroatoms. The molecule has 0 amide bonds. The van der Waals surface area contributed by atoms with Gasteiger partial charge in [0.05, 0.1) is 11.2 Å². The molecule has 2 aromatic carbocycles. The summed E-state index contributed by atoms with van der Waals surface area (Å²) in [5.74, 6) is 0. The third-order valence-electron chi connectivity index (χ3n) is 3.62. The Labute approximate surface area is 129 Å². The summed E-state index contributed by atoms with van der Waals surface area (Å²) < 4.78 is 0. The number of benzene rings is 2. The van der Waals surface area contributed by atoms with Crippen LogP contribution in [0.15, 0.2) is 60.7 Å². The van der Waals surface area contributed by atoms with Crippen molar-refractivity contribution in [3.8, 4) is 0 Å². The third kappa shape index (κ3) is 3.41. The highest BCUT2D eigenvalue weighted by Gasteiger charge is 2.05. The van der Waals surface area contributed by atoms with E-state index in [1.54, 1.807) is 0 Å². The highest BCUT2D eigenvalue weighted by atomic mass is 35.5. The van der Waals surface area contributed by atoms with Gasteiger partial charge in [-0.15, -0.1) is 0 Å². The highest BCUT2D eigenvalue weighted by molar-refractivity contribution is 6.30. The lowest BCUT2D eigenvalue weighted by Crippen LogP contribution is -2.18. The first-order chi connectivity index (χ1) is 10.2. The average Bonchev–Trinajstić information content (AvgIpc) is 2.53. The second-order valence-corrected chi connectivity index (χ2v) is 5.59. The largest absolute Gasteiger partial charge is 0.305 e. The van der Waals surface area contributed by atoms with Gasteiger partial charge in [-0.25, -0.2) is 0 Å². The smallest absolute Gasteiger partial charge is 0.0705 e. The lowest BCUT2D eigenvalue weighted by Gasteiger charge is -2.14. The Morgan fingerprint density at radius 1 is 1.00 bits per heavy atom. The van der Waals surface area contributed by atoms with Crippen LogP contribution in [-0.2, 0) is 6.54 Å². The van der Waals surface area contributed by atoms with E-state index >= 15 is 0 Å². The maximum Gasteiger partial charge on any atom is 0.0705 e. The predicted octanol–water partition coefficient (Wildman–Crippen LogP) is 4.74. The number of nitrogens with one attached hydrogen (secondary N) is 1. The third-order valence-corrected chi connectivity index (χ3v) is 3.87. The fraction of sp³-hybridized carbons (Fsp3) is 0.167. The predicted molar refractivity (Wildman–Crippen MR) is 88.4 cm³/mol. The summed E-state index contributed by atoms with van der Waals surface area (Å²) in [6, 6.07) is 20.6. The quantitative estimate of drug-likeness (QED) is 0.752. The van der Waals surface area contributed by atoms with E-state index in [1.807, 2.05) is 42.5 Å². The van der Waals surface area contributed by atoms with Gasteiger partial charge >= 0.3 is 0 Å². The Balaban J connectivity index is 1.69. The molecule has 2 nitrogen and oxygen atoms in total. The molecular weight excluding hydrogens is 280 g/mol. The van der Waals surface area contributed by atoms with E-state index in [-0.39, 0.29) is 6.04 Å². The fourth-order valence-electron chi connectivity index (χ4n) is 2.33. The van der Waals surface area contributed by atoms with Gasteiger partial charge in [0.15, 0.2) is 0 Å². The van der Waals surface area contributed by atoms with Crippen LogP contribution in [0.25, 0.3) is 10.9 Å². The number of hydrogen-bond acceptors (Lipinski definition) is 2. The number of nitrogens with zero attached hydrogens (tertiary/aromatic N) is 1. The van der Waals surface area contributed by atoms with E-state index in [2.05, 4.69) is 35.4 Å². The topological polar surface area (TPSA) is 24.9 Å². The van der Waals surface area contributed by atoms with E-state index in [0.29, 0.717) is 0 Å². The van der Waals surface area contributed by atoms with E-state index in [0.717, 1.165) is 22.8 Å². The lowest BCUT2D eigenvalue weighted by atomic mass is 10.1. The molecule has 0 saturated carbocycles. The van der Waals surface area contributed by atoms with Crippen LogP contribution in [0.4, 0.5) is 0 Å². The molecule has 1 aromatic heterocycles. The zero-order chi connectivity index (χ0) is 14.7. The minimum Gasteiger partial charge on any atom is -0.305 e. The second-order valence-electron chi connectivity index (χ2n) is 5.15. The molecule has 0 aliphatic carbocycles. The van der Waals surface area contributed by atoms with Crippen LogP contribution < -0.4 is 5.32 Å². The number of halogens is 1. The van der Waals surface area contributed by atoms with E-state index in [1.165, 1.54) is 10.9 Å². The number of hydrogen-bond donors (Lipinski definition) is 1. The van der Waals surface area contributed by atoms with E-state index in [4.69, 9.17) is 11.6 Å². The van der Waals surface area contributed by atoms with Crippen molar-refractivity contribution in [3.05, 3.63) is 76.9 Å². The van der Waals surface area contributed by atoms with Crippen LogP contribution in [0.3, 0.4) is 0 Å². The first-order valence-corrected chi connectivity index (χ1v) is 7.44. The molecule has 0 fully saturated rings. The Morgan fingerprint density at radius 2 is 1.76 bits per heavy atom. The summed E-state index contributed by atoms with van der Waals surface area (Å²) in [6.07, 6.45) is 0. The minimum atomic E-state index is 0.260. The van der Waals surface area contributed by atoms with Crippen molar-refractivity contribution in [2.45, 2.75) is 19.5 Å². The van der Waals surface area contributed by atoms with Crippen molar-refractivity contribution >= 4 is 22.5 Å². The summed E-state index contributed by atoms with van der Waals surface area (Å²) in [6.45, 7) is 2.89. The molecule has 1 heterocycles. The van der Waals surface area contributed by atoms with Crippen molar-refractivity contribution in [1.82, 2.24) is 10.3 Å². The van der Waals surface area contributed by atoms with Crippen molar-refractivity contribution in [1.29, 1.82) is 0 Å². The van der Waals surface area contributed by atoms with Crippen LogP contribution in [0, 0.1) is 0 Å². The monoisotopic (exact) mass is 296 g/mol. The van der Waals surface area contributed by atoms with E-state index < -0.39 is 0 Å². The van der Waals surface area contributed by atoms with Gasteiger partial charge < -0.3 is 5.32 Å². The molecule has 106 valence electrons. The molecule has 0 unspecified atom stereocenters. The van der Waals surface area contributed by atoms with Crippen molar-refractivity contribution in [2.24, 2.45) is 0 Å². The first-order valence-electron chi connectivity index (χ1n) is 7.06. The van der Waals surface area contributed by atoms with Gasteiger partial charge in [-0.2, -0.15) is 0 Å². The number of aromatic nitrogens is 1.